The van der Waals surface area contributed by atoms with Gasteiger partial charge in [0.1, 0.15) is 0 Å². The lowest BCUT2D eigenvalue weighted by Crippen LogP contribution is -2.47. The normalized spacial score (nSPS) is 18.0. The molecule has 0 radical (unpaired) electrons. The van der Waals surface area contributed by atoms with Crippen molar-refractivity contribution >= 4 is 29.1 Å². The second kappa shape index (κ2) is 9.20. The molecule has 25 heavy (non-hydrogen) atoms. The minimum atomic E-state index is -0.202. The van der Waals surface area contributed by atoms with Crippen molar-refractivity contribution in [1.82, 2.24) is 9.80 Å². The van der Waals surface area contributed by atoms with Crippen molar-refractivity contribution in [2.75, 3.05) is 31.5 Å². The van der Waals surface area contributed by atoms with Crippen LogP contribution < -0.4 is 5.32 Å². The van der Waals surface area contributed by atoms with Gasteiger partial charge in [0.05, 0.1) is 13.1 Å². The largest absolute Gasteiger partial charge is 0.333 e. The molecule has 6 heteroatoms. The van der Waals surface area contributed by atoms with Crippen LogP contribution >= 0.6 is 11.6 Å². The van der Waals surface area contributed by atoms with Crippen molar-refractivity contribution in [1.29, 1.82) is 0 Å². The number of carbonyl (C=O) groups excluding carboxylic acids is 2. The maximum Gasteiger partial charge on any atom is 0.244 e. The number of aryl methyl sites for hydroxylation is 1. The number of nitrogens with zero attached hydrogens (tertiary/aromatic N) is 2. The van der Waals surface area contributed by atoms with E-state index in [9.17, 15) is 9.59 Å². The summed E-state index contributed by atoms with van der Waals surface area (Å²) >= 11 is 5.98. The molecule has 1 N–H and O–H groups in total. The number of amides is 2. The van der Waals surface area contributed by atoms with Crippen LogP contribution in [0.15, 0.2) is 18.2 Å². The fourth-order valence-corrected chi connectivity index (χ4v) is 3.31. The third-order valence-corrected chi connectivity index (χ3v) is 5.06. The molecule has 1 atom stereocenters. The Morgan fingerprint density at radius 1 is 1.36 bits per heavy atom. The summed E-state index contributed by atoms with van der Waals surface area (Å²) < 4.78 is 0. The van der Waals surface area contributed by atoms with Gasteiger partial charge >= 0.3 is 0 Å². The van der Waals surface area contributed by atoms with Crippen molar-refractivity contribution in [2.45, 2.75) is 46.1 Å². The zero-order chi connectivity index (χ0) is 18.4. The molecule has 0 saturated carbocycles. The minimum absolute atomic E-state index is 0.00853. The van der Waals surface area contributed by atoms with E-state index in [1.165, 1.54) is 6.42 Å². The molecule has 0 unspecified atom stereocenters. The van der Waals surface area contributed by atoms with Crippen LogP contribution in [-0.2, 0) is 9.59 Å². The molecule has 1 saturated heterocycles. The van der Waals surface area contributed by atoms with Crippen molar-refractivity contribution in [3.63, 3.8) is 0 Å². The molecule has 1 heterocycles. The summed E-state index contributed by atoms with van der Waals surface area (Å²) in [5.41, 5.74) is 1.62. The first-order chi connectivity index (χ1) is 11.9. The monoisotopic (exact) mass is 365 g/mol. The fourth-order valence-electron chi connectivity index (χ4n) is 3.13. The Kier molecular flexibility index (Phi) is 7.26. The Labute approximate surface area is 155 Å². The van der Waals surface area contributed by atoms with Crippen molar-refractivity contribution in [3.8, 4) is 0 Å². The standard InChI is InChI=1S/C19H28ClN3O2/c1-4-22(19(25)13-23-10-6-5-7-15(23)3)12-18(24)21-17-11-16(20)9-8-14(17)2/h8-9,11,15H,4-7,10,12-13H2,1-3H3,(H,21,24)/t15-/m0/s1. The fraction of sp³-hybridized carbons (Fsp3) is 0.579. The van der Waals surface area contributed by atoms with E-state index < -0.39 is 0 Å². The highest BCUT2D eigenvalue weighted by atomic mass is 35.5. The van der Waals surface area contributed by atoms with Gasteiger partial charge in [-0.3, -0.25) is 14.5 Å². The minimum Gasteiger partial charge on any atom is -0.333 e. The summed E-state index contributed by atoms with van der Waals surface area (Å²) in [7, 11) is 0. The molecule has 0 bridgehead atoms. The molecule has 0 aromatic heterocycles. The van der Waals surface area contributed by atoms with Crippen LogP contribution in [0.5, 0.6) is 0 Å². The zero-order valence-corrected chi connectivity index (χ0v) is 16.1. The molecule has 2 amide bonds. The Hall–Kier alpha value is -1.59. The number of carbonyl (C=O) groups is 2. The van der Waals surface area contributed by atoms with Gasteiger partial charge in [-0.2, -0.15) is 0 Å². The molecule has 1 aliphatic heterocycles. The summed E-state index contributed by atoms with van der Waals surface area (Å²) in [5, 5.41) is 3.42. The first-order valence-electron chi connectivity index (χ1n) is 8.98. The topological polar surface area (TPSA) is 52.7 Å². The van der Waals surface area contributed by atoms with Gasteiger partial charge in [0.2, 0.25) is 11.8 Å². The van der Waals surface area contributed by atoms with Gasteiger partial charge < -0.3 is 10.2 Å². The smallest absolute Gasteiger partial charge is 0.244 e. The molecule has 1 aromatic carbocycles. The quantitative estimate of drug-likeness (QED) is 0.841. The van der Waals surface area contributed by atoms with Crippen LogP contribution in [0.4, 0.5) is 5.69 Å². The third-order valence-electron chi connectivity index (χ3n) is 4.82. The number of benzene rings is 1. The summed E-state index contributed by atoms with van der Waals surface area (Å²) in [6.45, 7) is 7.89. The number of anilines is 1. The van der Waals surface area contributed by atoms with Crippen molar-refractivity contribution < 1.29 is 9.59 Å². The molecular weight excluding hydrogens is 338 g/mol. The van der Waals surface area contributed by atoms with Crippen LogP contribution in [0.3, 0.4) is 0 Å². The average molecular weight is 366 g/mol. The summed E-state index contributed by atoms with van der Waals surface area (Å²) in [4.78, 5) is 28.7. The summed E-state index contributed by atoms with van der Waals surface area (Å²) in [6.07, 6.45) is 3.50. The van der Waals surface area contributed by atoms with E-state index in [1.807, 2.05) is 19.9 Å². The van der Waals surface area contributed by atoms with Gasteiger partial charge in [-0.1, -0.05) is 24.1 Å². The molecule has 2 rings (SSSR count). The van der Waals surface area contributed by atoms with Gasteiger partial charge in [-0.15, -0.1) is 0 Å². The Bertz CT molecular complexity index is 621. The average Bonchev–Trinajstić information content (AvgIpc) is 2.58. The van der Waals surface area contributed by atoms with Crippen LogP contribution in [-0.4, -0.2) is 53.8 Å². The van der Waals surface area contributed by atoms with Crippen molar-refractivity contribution in [2.24, 2.45) is 0 Å². The Morgan fingerprint density at radius 3 is 2.80 bits per heavy atom. The summed E-state index contributed by atoms with van der Waals surface area (Å²) in [6, 6.07) is 5.80. The predicted octanol–water partition coefficient (Wildman–Crippen LogP) is 3.31. The number of halogens is 1. The second-order valence-corrected chi connectivity index (χ2v) is 7.17. The molecular formula is C19H28ClN3O2. The zero-order valence-electron chi connectivity index (χ0n) is 15.3. The van der Waals surface area contributed by atoms with Gasteiger partial charge in [0, 0.05) is 23.3 Å². The highest BCUT2D eigenvalue weighted by molar-refractivity contribution is 6.31. The van der Waals surface area contributed by atoms with Gasteiger partial charge in [-0.05, 0) is 57.9 Å². The van der Waals surface area contributed by atoms with Gasteiger partial charge in [0.25, 0.3) is 0 Å². The third kappa shape index (κ3) is 5.72. The van der Waals surface area contributed by atoms with E-state index in [1.54, 1.807) is 17.0 Å². The van der Waals surface area contributed by atoms with Crippen LogP contribution in [0, 0.1) is 6.92 Å². The number of nitrogens with one attached hydrogen (secondary N) is 1. The molecule has 138 valence electrons. The number of rotatable bonds is 6. The lowest BCUT2D eigenvalue weighted by atomic mass is 10.0. The van der Waals surface area contributed by atoms with E-state index in [-0.39, 0.29) is 18.4 Å². The van der Waals surface area contributed by atoms with Crippen LogP contribution in [0.25, 0.3) is 0 Å². The number of likely N-dealkylation sites (tertiary alicyclic amines) is 1. The number of hydrogen-bond acceptors (Lipinski definition) is 3. The lowest BCUT2D eigenvalue weighted by Gasteiger charge is -2.34. The van der Waals surface area contributed by atoms with Crippen LogP contribution in [0.1, 0.15) is 38.7 Å². The van der Waals surface area contributed by atoms with Gasteiger partial charge in [0.15, 0.2) is 0 Å². The Morgan fingerprint density at radius 2 is 2.12 bits per heavy atom. The predicted molar refractivity (Wildman–Crippen MR) is 102 cm³/mol. The second-order valence-electron chi connectivity index (χ2n) is 6.73. The highest BCUT2D eigenvalue weighted by Gasteiger charge is 2.24. The molecule has 0 aliphatic carbocycles. The molecule has 0 spiro atoms. The van der Waals surface area contributed by atoms with E-state index >= 15 is 0 Å². The molecule has 5 nitrogen and oxygen atoms in total. The maximum atomic E-state index is 12.6. The summed E-state index contributed by atoms with van der Waals surface area (Å²) in [5.74, 6) is -0.193. The Balaban J connectivity index is 1.92. The first kappa shape index (κ1) is 19.7. The molecule has 1 aliphatic rings. The number of hydrogen-bond donors (Lipinski definition) is 1. The molecule has 1 fully saturated rings. The van der Waals surface area contributed by atoms with Crippen molar-refractivity contribution in [3.05, 3.63) is 28.8 Å². The van der Waals surface area contributed by atoms with Gasteiger partial charge in [-0.25, -0.2) is 0 Å². The highest BCUT2D eigenvalue weighted by Crippen LogP contribution is 2.20. The number of likely N-dealkylation sites (N-methyl/N-ethyl adjacent to an activating group) is 1. The van der Waals surface area contributed by atoms with E-state index in [0.717, 1.165) is 24.9 Å². The maximum absolute atomic E-state index is 12.6. The SMILES string of the molecule is CCN(CC(=O)Nc1cc(Cl)ccc1C)C(=O)CN1CCCC[C@@H]1C. The number of piperidine rings is 1. The van der Waals surface area contributed by atoms with E-state index in [2.05, 4.69) is 17.1 Å². The molecule has 1 aromatic rings. The lowest BCUT2D eigenvalue weighted by molar-refractivity contribution is -0.136. The van der Waals surface area contributed by atoms with E-state index in [4.69, 9.17) is 11.6 Å². The van der Waals surface area contributed by atoms with E-state index in [0.29, 0.717) is 29.8 Å². The van der Waals surface area contributed by atoms with Crippen LogP contribution in [0.2, 0.25) is 5.02 Å². The first-order valence-corrected chi connectivity index (χ1v) is 9.36.